The van der Waals surface area contributed by atoms with Crippen LogP contribution in [-0.2, 0) is 0 Å². The van der Waals surface area contributed by atoms with Crippen LogP contribution in [-0.4, -0.2) is 31.1 Å². The van der Waals surface area contributed by atoms with Gasteiger partial charge in [0.15, 0.2) is 5.69 Å². The zero-order valence-electron chi connectivity index (χ0n) is 12.0. The average Bonchev–Trinajstić information content (AvgIpc) is 3.24. The van der Waals surface area contributed by atoms with E-state index in [1.165, 1.54) is 11.0 Å². The molecule has 0 saturated carbocycles. The van der Waals surface area contributed by atoms with Crippen LogP contribution in [0.3, 0.4) is 0 Å². The molecule has 2 aromatic carbocycles. The Morgan fingerprint density at radius 1 is 1.09 bits per heavy atom. The maximum absolute atomic E-state index is 12.3. The molecule has 0 spiro atoms. The molecule has 112 valence electrons. The normalized spacial score (nSPS) is 10.8. The first-order valence-corrected chi connectivity index (χ1v) is 7.02. The second-order valence-corrected chi connectivity index (χ2v) is 4.98. The summed E-state index contributed by atoms with van der Waals surface area (Å²) in [6, 6.07) is 14.9. The lowest BCUT2D eigenvalue weighted by Gasteiger charge is -2.02. The molecule has 0 fully saturated rings. The van der Waals surface area contributed by atoms with Crippen molar-refractivity contribution in [2.45, 2.75) is 0 Å². The van der Waals surface area contributed by atoms with Gasteiger partial charge >= 0.3 is 0 Å². The van der Waals surface area contributed by atoms with Gasteiger partial charge < -0.3 is 5.32 Å². The van der Waals surface area contributed by atoms with Gasteiger partial charge in [-0.2, -0.15) is 15.0 Å². The van der Waals surface area contributed by atoms with Crippen molar-refractivity contribution >= 4 is 22.5 Å². The lowest BCUT2D eigenvalue weighted by Crippen LogP contribution is -2.13. The van der Waals surface area contributed by atoms with Crippen molar-refractivity contribution < 1.29 is 4.79 Å². The number of hydrogen-bond acceptors (Lipinski definition) is 4. The van der Waals surface area contributed by atoms with E-state index in [2.05, 4.69) is 25.7 Å². The van der Waals surface area contributed by atoms with Gasteiger partial charge in [-0.1, -0.05) is 18.2 Å². The summed E-state index contributed by atoms with van der Waals surface area (Å²) in [5.74, 6) is -0.314. The van der Waals surface area contributed by atoms with E-state index in [1.54, 1.807) is 6.20 Å². The van der Waals surface area contributed by atoms with Crippen LogP contribution in [0.2, 0.25) is 0 Å². The van der Waals surface area contributed by atoms with Crippen molar-refractivity contribution in [2.75, 3.05) is 5.32 Å². The molecule has 0 radical (unpaired) electrons. The van der Waals surface area contributed by atoms with Crippen LogP contribution >= 0.6 is 0 Å². The molecule has 2 N–H and O–H groups in total. The van der Waals surface area contributed by atoms with Crippen molar-refractivity contribution in [3.8, 4) is 5.69 Å². The Kier molecular flexibility index (Phi) is 3.09. The number of rotatable bonds is 3. The summed E-state index contributed by atoms with van der Waals surface area (Å²) < 4.78 is 0. The van der Waals surface area contributed by atoms with Gasteiger partial charge in [0, 0.05) is 11.1 Å². The molecule has 0 aliphatic rings. The number of carbonyl (C=O) groups excluding carboxylic acids is 1. The summed E-state index contributed by atoms with van der Waals surface area (Å²) in [7, 11) is 0. The van der Waals surface area contributed by atoms with E-state index in [-0.39, 0.29) is 11.6 Å². The Morgan fingerprint density at radius 3 is 2.83 bits per heavy atom. The summed E-state index contributed by atoms with van der Waals surface area (Å²) >= 11 is 0. The molecule has 4 rings (SSSR count). The number of hydrogen-bond donors (Lipinski definition) is 2. The predicted molar refractivity (Wildman–Crippen MR) is 85.4 cm³/mol. The van der Waals surface area contributed by atoms with Gasteiger partial charge in [0.25, 0.3) is 5.91 Å². The van der Waals surface area contributed by atoms with Crippen LogP contribution in [0.15, 0.2) is 60.9 Å². The molecule has 0 aliphatic heterocycles. The molecule has 1 amide bonds. The van der Waals surface area contributed by atoms with Gasteiger partial charge in [-0.05, 0) is 30.3 Å². The molecule has 0 bridgehead atoms. The molecule has 4 aromatic rings. The Hall–Kier alpha value is -3.48. The zero-order valence-corrected chi connectivity index (χ0v) is 12.0. The van der Waals surface area contributed by atoms with Crippen molar-refractivity contribution in [1.82, 2.24) is 25.2 Å². The number of aromatic amines is 1. The molecule has 2 aromatic heterocycles. The van der Waals surface area contributed by atoms with E-state index < -0.39 is 0 Å². The third-order valence-electron chi connectivity index (χ3n) is 3.41. The fourth-order valence-electron chi connectivity index (χ4n) is 2.26. The van der Waals surface area contributed by atoms with Crippen LogP contribution in [0, 0.1) is 0 Å². The predicted octanol–water partition coefficient (Wildman–Crippen LogP) is 2.40. The van der Waals surface area contributed by atoms with E-state index in [4.69, 9.17) is 0 Å². The third-order valence-corrected chi connectivity index (χ3v) is 3.41. The molecule has 2 heterocycles. The Labute approximate surface area is 130 Å². The quantitative estimate of drug-likeness (QED) is 0.608. The maximum atomic E-state index is 12.3. The van der Waals surface area contributed by atoms with Gasteiger partial charge in [-0.15, -0.1) is 5.10 Å². The number of nitrogens with one attached hydrogen (secondary N) is 2. The molecular weight excluding hydrogens is 292 g/mol. The van der Waals surface area contributed by atoms with Crippen molar-refractivity contribution in [1.29, 1.82) is 0 Å². The standard InChI is InChI=1S/C16H12N6O/c23-16(19-12-7-6-11-9-17-20-14(11)8-12)15-10-18-22(21-15)13-4-2-1-3-5-13/h1-10H,(H,17,20)(H,19,23). The summed E-state index contributed by atoms with van der Waals surface area (Å²) in [4.78, 5) is 13.7. The largest absolute Gasteiger partial charge is 0.320 e. The van der Waals surface area contributed by atoms with E-state index >= 15 is 0 Å². The minimum Gasteiger partial charge on any atom is -0.320 e. The number of aromatic nitrogens is 5. The molecule has 23 heavy (non-hydrogen) atoms. The number of para-hydroxylation sites is 1. The summed E-state index contributed by atoms with van der Waals surface area (Å²) in [5.41, 5.74) is 2.57. The molecule has 7 heteroatoms. The van der Waals surface area contributed by atoms with Crippen LogP contribution in [0.5, 0.6) is 0 Å². The molecule has 0 saturated heterocycles. The smallest absolute Gasteiger partial charge is 0.277 e. The average molecular weight is 304 g/mol. The fourth-order valence-corrected chi connectivity index (χ4v) is 2.26. The van der Waals surface area contributed by atoms with Crippen molar-refractivity contribution in [3.63, 3.8) is 0 Å². The first kappa shape index (κ1) is 13.2. The summed E-state index contributed by atoms with van der Waals surface area (Å²) in [5, 5.41) is 18.9. The number of amides is 1. The van der Waals surface area contributed by atoms with Gasteiger partial charge in [0.05, 0.1) is 23.6 Å². The van der Waals surface area contributed by atoms with Gasteiger partial charge in [0.1, 0.15) is 0 Å². The molecule has 0 unspecified atom stereocenters. The lowest BCUT2D eigenvalue weighted by atomic mass is 10.2. The highest BCUT2D eigenvalue weighted by atomic mass is 16.2. The highest BCUT2D eigenvalue weighted by molar-refractivity contribution is 6.03. The maximum Gasteiger partial charge on any atom is 0.277 e. The van der Waals surface area contributed by atoms with Crippen molar-refractivity contribution in [2.24, 2.45) is 0 Å². The Balaban J connectivity index is 1.56. The Morgan fingerprint density at radius 2 is 1.96 bits per heavy atom. The highest BCUT2D eigenvalue weighted by Crippen LogP contribution is 2.17. The topological polar surface area (TPSA) is 88.5 Å². The summed E-state index contributed by atoms with van der Waals surface area (Å²) in [6.45, 7) is 0. The SMILES string of the molecule is O=C(Nc1ccc2cn[nH]c2c1)c1cnn(-c2ccccc2)n1. The number of H-pyrrole nitrogens is 1. The minimum absolute atomic E-state index is 0.249. The highest BCUT2D eigenvalue weighted by Gasteiger charge is 2.12. The van der Waals surface area contributed by atoms with Crippen LogP contribution < -0.4 is 5.32 Å². The lowest BCUT2D eigenvalue weighted by molar-refractivity contribution is 0.102. The van der Waals surface area contributed by atoms with Crippen LogP contribution in [0.25, 0.3) is 16.6 Å². The first-order valence-electron chi connectivity index (χ1n) is 7.02. The van der Waals surface area contributed by atoms with Gasteiger partial charge in [0.2, 0.25) is 0 Å². The number of benzene rings is 2. The molecule has 7 nitrogen and oxygen atoms in total. The van der Waals surface area contributed by atoms with Crippen LogP contribution in [0.4, 0.5) is 5.69 Å². The first-order chi connectivity index (χ1) is 11.3. The van der Waals surface area contributed by atoms with E-state index in [0.717, 1.165) is 16.6 Å². The van der Waals surface area contributed by atoms with E-state index in [0.29, 0.717) is 5.69 Å². The fraction of sp³-hybridized carbons (Fsp3) is 0. The zero-order chi connectivity index (χ0) is 15.6. The number of carbonyl (C=O) groups is 1. The summed E-state index contributed by atoms with van der Waals surface area (Å²) in [6.07, 6.45) is 3.17. The van der Waals surface area contributed by atoms with Gasteiger partial charge in [-0.3, -0.25) is 9.89 Å². The van der Waals surface area contributed by atoms with E-state index in [1.807, 2.05) is 48.5 Å². The number of anilines is 1. The van der Waals surface area contributed by atoms with E-state index in [9.17, 15) is 4.79 Å². The molecule has 0 aliphatic carbocycles. The van der Waals surface area contributed by atoms with Crippen LogP contribution in [0.1, 0.15) is 10.5 Å². The monoisotopic (exact) mass is 304 g/mol. The molecular formula is C16H12N6O. The Bertz CT molecular complexity index is 972. The number of nitrogens with zero attached hydrogens (tertiary/aromatic N) is 4. The molecule has 0 atom stereocenters. The third kappa shape index (κ3) is 2.55. The minimum atomic E-state index is -0.314. The van der Waals surface area contributed by atoms with Gasteiger partial charge in [-0.25, -0.2) is 0 Å². The second-order valence-electron chi connectivity index (χ2n) is 4.98. The number of fused-ring (bicyclic) bond motifs is 1. The second kappa shape index (κ2) is 5.38. The van der Waals surface area contributed by atoms with Crippen molar-refractivity contribution in [3.05, 3.63) is 66.6 Å².